The lowest BCUT2D eigenvalue weighted by Crippen LogP contribution is -2.27. The summed E-state index contributed by atoms with van der Waals surface area (Å²) < 4.78 is 0. The molecular formula is C11H16ClN3O. The van der Waals surface area contributed by atoms with Gasteiger partial charge in [0.1, 0.15) is 17.3 Å². The number of hydrogen-bond acceptors (Lipinski definition) is 4. The zero-order valence-electron chi connectivity index (χ0n) is 9.57. The van der Waals surface area contributed by atoms with Crippen LogP contribution >= 0.6 is 11.6 Å². The van der Waals surface area contributed by atoms with E-state index < -0.39 is 0 Å². The molecule has 0 saturated carbocycles. The van der Waals surface area contributed by atoms with E-state index in [-0.39, 0.29) is 6.61 Å². The summed E-state index contributed by atoms with van der Waals surface area (Å²) >= 11 is 5.91. The first-order valence-electron chi connectivity index (χ1n) is 5.09. The van der Waals surface area contributed by atoms with Gasteiger partial charge in [0, 0.05) is 13.1 Å². The molecule has 0 aromatic carbocycles. The Balaban J connectivity index is 3.08. The molecular weight excluding hydrogens is 226 g/mol. The molecule has 0 fully saturated rings. The molecule has 0 aliphatic carbocycles. The number of aliphatic hydroxyl groups excluding tert-OH is 1. The Hall–Kier alpha value is -1.13. The van der Waals surface area contributed by atoms with Crippen LogP contribution in [0.2, 0.25) is 5.15 Å². The van der Waals surface area contributed by atoms with Crippen molar-refractivity contribution in [2.45, 2.75) is 20.5 Å². The van der Waals surface area contributed by atoms with Crippen molar-refractivity contribution in [1.29, 1.82) is 0 Å². The predicted octanol–water partition coefficient (Wildman–Crippen LogP) is 2.02. The number of aliphatic hydroxyl groups is 1. The minimum absolute atomic E-state index is 0.165. The Labute approximate surface area is 101 Å². The number of likely N-dealkylation sites (N-methyl/N-ethyl adjacent to an activating group) is 1. The van der Waals surface area contributed by atoms with Gasteiger partial charge in [0.05, 0.1) is 12.2 Å². The van der Waals surface area contributed by atoms with Crippen LogP contribution in [0.25, 0.3) is 0 Å². The summed E-state index contributed by atoms with van der Waals surface area (Å²) in [6.45, 7) is 9.13. The first kappa shape index (κ1) is 12.9. The van der Waals surface area contributed by atoms with Gasteiger partial charge in [-0.05, 0) is 13.8 Å². The quantitative estimate of drug-likeness (QED) is 0.633. The normalized spacial score (nSPS) is 10.2. The molecule has 88 valence electrons. The van der Waals surface area contributed by atoms with Gasteiger partial charge in [0.25, 0.3) is 0 Å². The van der Waals surface area contributed by atoms with Crippen molar-refractivity contribution < 1.29 is 5.11 Å². The minimum Gasteiger partial charge on any atom is -0.391 e. The molecule has 16 heavy (non-hydrogen) atoms. The molecule has 1 rings (SSSR count). The molecule has 1 aromatic rings. The number of halogens is 1. The van der Waals surface area contributed by atoms with E-state index in [1.165, 1.54) is 6.33 Å². The van der Waals surface area contributed by atoms with Crippen molar-refractivity contribution in [3.05, 3.63) is 29.2 Å². The van der Waals surface area contributed by atoms with Crippen molar-refractivity contribution in [2.75, 3.05) is 18.0 Å². The smallest absolute Gasteiger partial charge is 0.140 e. The van der Waals surface area contributed by atoms with E-state index in [1.54, 1.807) is 0 Å². The Morgan fingerprint density at radius 1 is 1.56 bits per heavy atom. The highest BCUT2D eigenvalue weighted by atomic mass is 35.5. The predicted molar refractivity (Wildman–Crippen MR) is 65.7 cm³/mol. The van der Waals surface area contributed by atoms with Gasteiger partial charge in [0.15, 0.2) is 0 Å². The highest BCUT2D eigenvalue weighted by molar-refractivity contribution is 6.30. The monoisotopic (exact) mass is 241 g/mol. The van der Waals surface area contributed by atoms with Crippen LogP contribution in [0.4, 0.5) is 5.82 Å². The lowest BCUT2D eigenvalue weighted by molar-refractivity contribution is 0.281. The highest BCUT2D eigenvalue weighted by Crippen LogP contribution is 2.23. The zero-order valence-corrected chi connectivity index (χ0v) is 10.3. The minimum atomic E-state index is -0.165. The fourth-order valence-electron chi connectivity index (χ4n) is 1.45. The average molecular weight is 242 g/mol. The Morgan fingerprint density at radius 2 is 2.25 bits per heavy atom. The van der Waals surface area contributed by atoms with Gasteiger partial charge in [-0.1, -0.05) is 23.8 Å². The van der Waals surface area contributed by atoms with Crippen LogP contribution in [-0.2, 0) is 6.61 Å². The molecule has 1 heterocycles. The molecule has 0 unspecified atom stereocenters. The fourth-order valence-corrected chi connectivity index (χ4v) is 1.64. The van der Waals surface area contributed by atoms with Gasteiger partial charge in [-0.2, -0.15) is 0 Å². The third-order valence-corrected chi connectivity index (χ3v) is 2.50. The summed E-state index contributed by atoms with van der Waals surface area (Å²) in [5.41, 5.74) is 1.59. The summed E-state index contributed by atoms with van der Waals surface area (Å²) in [5.74, 6) is 0.674. The molecule has 4 nitrogen and oxygen atoms in total. The van der Waals surface area contributed by atoms with Crippen molar-refractivity contribution >= 4 is 17.4 Å². The number of nitrogens with zero attached hydrogens (tertiary/aromatic N) is 3. The molecule has 0 saturated heterocycles. The largest absolute Gasteiger partial charge is 0.391 e. The van der Waals surface area contributed by atoms with Crippen molar-refractivity contribution in [1.82, 2.24) is 9.97 Å². The summed E-state index contributed by atoms with van der Waals surface area (Å²) in [5, 5.41) is 9.56. The van der Waals surface area contributed by atoms with Crippen molar-refractivity contribution in [3.63, 3.8) is 0 Å². The second kappa shape index (κ2) is 5.82. The summed E-state index contributed by atoms with van der Waals surface area (Å²) in [7, 11) is 0. The second-order valence-electron chi connectivity index (χ2n) is 3.60. The summed E-state index contributed by atoms with van der Waals surface area (Å²) in [6, 6.07) is 0. The van der Waals surface area contributed by atoms with Crippen LogP contribution in [0.15, 0.2) is 18.5 Å². The molecule has 0 atom stereocenters. The Kier molecular flexibility index (Phi) is 4.71. The third kappa shape index (κ3) is 2.93. The number of hydrogen-bond donors (Lipinski definition) is 1. The highest BCUT2D eigenvalue weighted by Gasteiger charge is 2.14. The van der Waals surface area contributed by atoms with E-state index in [0.717, 1.165) is 12.1 Å². The second-order valence-corrected chi connectivity index (χ2v) is 3.95. The fraction of sp³-hybridized carbons (Fsp3) is 0.455. The zero-order chi connectivity index (χ0) is 12.1. The van der Waals surface area contributed by atoms with Crippen LogP contribution in [0, 0.1) is 0 Å². The first-order valence-corrected chi connectivity index (χ1v) is 5.47. The maximum Gasteiger partial charge on any atom is 0.140 e. The molecule has 0 aliphatic heterocycles. The van der Waals surface area contributed by atoms with Gasteiger partial charge in [0.2, 0.25) is 0 Å². The van der Waals surface area contributed by atoms with Crippen LogP contribution < -0.4 is 4.90 Å². The van der Waals surface area contributed by atoms with Gasteiger partial charge >= 0.3 is 0 Å². The van der Waals surface area contributed by atoms with Crippen molar-refractivity contribution in [2.24, 2.45) is 0 Å². The van der Waals surface area contributed by atoms with E-state index in [0.29, 0.717) is 23.1 Å². The van der Waals surface area contributed by atoms with Gasteiger partial charge in [-0.15, -0.1) is 0 Å². The molecule has 0 bridgehead atoms. The van der Waals surface area contributed by atoms with Gasteiger partial charge in [-0.25, -0.2) is 9.97 Å². The third-order valence-electron chi connectivity index (χ3n) is 2.17. The number of aromatic nitrogens is 2. The van der Waals surface area contributed by atoms with E-state index in [2.05, 4.69) is 16.5 Å². The van der Waals surface area contributed by atoms with Crippen molar-refractivity contribution in [3.8, 4) is 0 Å². The van der Waals surface area contributed by atoms with E-state index in [1.807, 2.05) is 18.7 Å². The molecule has 1 N–H and O–H groups in total. The molecule has 0 aliphatic rings. The number of anilines is 1. The van der Waals surface area contributed by atoms with Crippen LogP contribution in [0.3, 0.4) is 0 Å². The summed E-state index contributed by atoms with van der Waals surface area (Å²) in [6.07, 6.45) is 1.40. The van der Waals surface area contributed by atoms with E-state index >= 15 is 0 Å². The van der Waals surface area contributed by atoms with E-state index in [4.69, 9.17) is 11.6 Å². The first-order chi connectivity index (χ1) is 7.60. The van der Waals surface area contributed by atoms with Gasteiger partial charge in [-0.3, -0.25) is 0 Å². The molecule has 5 heteroatoms. The van der Waals surface area contributed by atoms with Crippen LogP contribution in [0.5, 0.6) is 0 Å². The van der Waals surface area contributed by atoms with Crippen LogP contribution in [-0.4, -0.2) is 28.2 Å². The molecule has 1 aromatic heterocycles. The van der Waals surface area contributed by atoms with Gasteiger partial charge < -0.3 is 10.0 Å². The maximum atomic E-state index is 9.26. The lowest BCUT2D eigenvalue weighted by atomic mass is 10.2. The standard InChI is InChI=1S/C11H16ClN3O/c1-4-15(5-8(2)3)11-9(6-16)10(12)13-7-14-11/h7,16H,2,4-6H2,1,3H3. The molecule has 0 spiro atoms. The topological polar surface area (TPSA) is 49.2 Å². The van der Waals surface area contributed by atoms with Crippen LogP contribution in [0.1, 0.15) is 19.4 Å². The molecule has 0 amide bonds. The molecule has 0 radical (unpaired) electrons. The Morgan fingerprint density at radius 3 is 2.75 bits per heavy atom. The Bertz CT molecular complexity index is 381. The lowest BCUT2D eigenvalue weighted by Gasteiger charge is -2.24. The average Bonchev–Trinajstić information content (AvgIpc) is 2.25. The SMILES string of the molecule is C=C(C)CN(CC)c1ncnc(Cl)c1CO. The maximum absolute atomic E-state index is 9.26. The van der Waals surface area contributed by atoms with E-state index in [9.17, 15) is 5.11 Å². The number of rotatable bonds is 5. The summed E-state index contributed by atoms with van der Waals surface area (Å²) in [4.78, 5) is 10.0.